The van der Waals surface area contributed by atoms with Crippen molar-refractivity contribution in [3.8, 4) is 0 Å². The molecule has 92 valence electrons. The van der Waals surface area contributed by atoms with Crippen LogP contribution in [0.5, 0.6) is 0 Å². The number of hydrogen-bond donors (Lipinski definition) is 0. The zero-order valence-corrected chi connectivity index (χ0v) is 11.3. The summed E-state index contributed by atoms with van der Waals surface area (Å²) in [6, 6.07) is 2.13. The van der Waals surface area contributed by atoms with Gasteiger partial charge in [-0.05, 0) is 42.7 Å². The highest BCUT2D eigenvalue weighted by Gasteiger charge is 2.33. The second-order valence-electron chi connectivity index (χ2n) is 4.91. The number of hydrogen-bond acceptors (Lipinski definition) is 2. The van der Waals surface area contributed by atoms with E-state index >= 15 is 0 Å². The van der Waals surface area contributed by atoms with Crippen molar-refractivity contribution in [2.24, 2.45) is 0 Å². The number of carbonyl (C=O) groups excluding carboxylic acids is 1. The zero-order valence-electron chi connectivity index (χ0n) is 9.69. The van der Waals surface area contributed by atoms with Crippen molar-refractivity contribution in [3.63, 3.8) is 0 Å². The summed E-state index contributed by atoms with van der Waals surface area (Å²) in [5.74, 6) is 0.402. The summed E-state index contributed by atoms with van der Waals surface area (Å²) in [7, 11) is 0. The van der Waals surface area contributed by atoms with Gasteiger partial charge in [-0.3, -0.25) is 4.79 Å². The molecule has 2 nitrogen and oxygen atoms in total. The summed E-state index contributed by atoms with van der Waals surface area (Å²) in [4.78, 5) is 15.8. The monoisotopic (exact) mass is 269 g/mol. The van der Waals surface area contributed by atoms with E-state index in [2.05, 4.69) is 11.4 Å². The predicted molar refractivity (Wildman–Crippen MR) is 70.8 cm³/mol. The van der Waals surface area contributed by atoms with Crippen molar-refractivity contribution < 1.29 is 4.79 Å². The van der Waals surface area contributed by atoms with E-state index in [-0.39, 0.29) is 11.3 Å². The molecule has 1 aromatic rings. The van der Waals surface area contributed by atoms with Crippen LogP contribution in [0.15, 0.2) is 11.4 Å². The third kappa shape index (κ3) is 2.11. The maximum Gasteiger partial charge on any atom is 0.230 e. The number of amides is 1. The molecule has 0 saturated carbocycles. The number of halogens is 1. The van der Waals surface area contributed by atoms with Gasteiger partial charge in [-0.2, -0.15) is 0 Å². The second-order valence-corrected chi connectivity index (χ2v) is 6.53. The van der Waals surface area contributed by atoms with Crippen molar-refractivity contribution in [1.82, 2.24) is 4.90 Å². The van der Waals surface area contributed by atoms with Gasteiger partial charge in [0.15, 0.2) is 0 Å². The average molecular weight is 270 g/mol. The Morgan fingerprint density at radius 3 is 3.12 bits per heavy atom. The lowest BCUT2D eigenvalue weighted by molar-refractivity contribution is -0.132. The van der Waals surface area contributed by atoms with E-state index in [1.807, 2.05) is 4.90 Å². The Hall–Kier alpha value is -0.540. The zero-order chi connectivity index (χ0) is 11.8. The number of alkyl halides is 1. The molecule has 17 heavy (non-hydrogen) atoms. The van der Waals surface area contributed by atoms with E-state index in [1.54, 1.807) is 11.3 Å². The van der Waals surface area contributed by atoms with Crippen LogP contribution in [-0.4, -0.2) is 29.3 Å². The molecular formula is C13H16ClNOS. The van der Waals surface area contributed by atoms with Crippen LogP contribution in [-0.2, 0) is 11.2 Å². The minimum Gasteiger partial charge on any atom is -0.341 e. The molecule has 1 aliphatic carbocycles. The number of fused-ring (bicyclic) bond motifs is 1. The Bertz CT molecular complexity index is 431. The van der Waals surface area contributed by atoms with Gasteiger partial charge in [0.2, 0.25) is 5.91 Å². The van der Waals surface area contributed by atoms with Crippen LogP contribution in [0.4, 0.5) is 0 Å². The van der Waals surface area contributed by atoms with Crippen molar-refractivity contribution in [2.75, 3.05) is 13.1 Å². The maximum absolute atomic E-state index is 12.5. The van der Waals surface area contributed by atoms with Gasteiger partial charge < -0.3 is 4.90 Å². The SMILES string of the molecule is O=C(C1CCCc2sccc21)N1CCC(Cl)C1. The minimum atomic E-state index is 0.104. The number of aryl methyl sites for hydroxylation is 1. The third-order valence-corrected chi connectivity index (χ3v) is 5.15. The first-order chi connectivity index (χ1) is 8.25. The number of nitrogens with zero attached hydrogens (tertiary/aromatic N) is 1. The molecule has 2 aliphatic rings. The summed E-state index contributed by atoms with van der Waals surface area (Å²) in [6.07, 6.45) is 4.24. The molecule has 1 aliphatic heterocycles. The van der Waals surface area contributed by atoms with Crippen molar-refractivity contribution in [2.45, 2.75) is 37.0 Å². The van der Waals surface area contributed by atoms with Crippen LogP contribution in [0.2, 0.25) is 0 Å². The van der Waals surface area contributed by atoms with Gasteiger partial charge in [0.05, 0.1) is 11.3 Å². The van der Waals surface area contributed by atoms with Crippen LogP contribution in [0.1, 0.15) is 35.6 Å². The highest BCUT2D eigenvalue weighted by atomic mass is 35.5. The first-order valence-electron chi connectivity index (χ1n) is 6.25. The fraction of sp³-hybridized carbons (Fsp3) is 0.615. The minimum absolute atomic E-state index is 0.104. The van der Waals surface area contributed by atoms with Gasteiger partial charge in [-0.15, -0.1) is 22.9 Å². The van der Waals surface area contributed by atoms with Gasteiger partial charge in [-0.1, -0.05) is 0 Å². The van der Waals surface area contributed by atoms with E-state index in [1.165, 1.54) is 10.4 Å². The predicted octanol–water partition coefficient (Wildman–Crippen LogP) is 3.01. The largest absolute Gasteiger partial charge is 0.341 e. The molecule has 3 rings (SSSR count). The number of carbonyl (C=O) groups is 1. The summed E-state index contributed by atoms with van der Waals surface area (Å²) >= 11 is 7.87. The van der Waals surface area contributed by atoms with Crippen LogP contribution in [0.25, 0.3) is 0 Å². The fourth-order valence-electron chi connectivity index (χ4n) is 2.88. The van der Waals surface area contributed by atoms with Gasteiger partial charge in [0.25, 0.3) is 0 Å². The second kappa shape index (κ2) is 4.62. The summed E-state index contributed by atoms with van der Waals surface area (Å²) in [5, 5.41) is 2.27. The number of likely N-dealkylation sites (tertiary alicyclic amines) is 1. The van der Waals surface area contributed by atoms with E-state index in [9.17, 15) is 4.79 Å². The average Bonchev–Trinajstić information content (AvgIpc) is 2.95. The first-order valence-corrected chi connectivity index (χ1v) is 7.56. The lowest BCUT2D eigenvalue weighted by Crippen LogP contribution is -2.34. The standard InChI is InChI=1S/C13H16ClNOS/c14-9-4-6-15(8-9)13(16)11-2-1-3-12-10(11)5-7-17-12/h5,7,9,11H,1-4,6,8H2. The molecule has 0 bridgehead atoms. The van der Waals surface area contributed by atoms with Gasteiger partial charge in [0.1, 0.15) is 0 Å². The molecule has 1 saturated heterocycles. The van der Waals surface area contributed by atoms with Crippen LogP contribution >= 0.6 is 22.9 Å². The molecule has 0 radical (unpaired) electrons. The van der Waals surface area contributed by atoms with Gasteiger partial charge in [0, 0.05) is 18.0 Å². The smallest absolute Gasteiger partial charge is 0.230 e. The first kappa shape index (κ1) is 11.5. The van der Waals surface area contributed by atoms with E-state index in [4.69, 9.17) is 11.6 Å². The molecule has 1 amide bonds. The topological polar surface area (TPSA) is 20.3 Å². The third-order valence-electron chi connectivity index (χ3n) is 3.79. The molecule has 1 aromatic heterocycles. The lowest BCUT2D eigenvalue weighted by atomic mass is 9.87. The molecule has 0 aromatic carbocycles. The Balaban J connectivity index is 1.80. The maximum atomic E-state index is 12.5. The summed E-state index contributed by atoms with van der Waals surface area (Å²) in [6.45, 7) is 1.57. The van der Waals surface area contributed by atoms with Crippen molar-refractivity contribution in [1.29, 1.82) is 0 Å². The highest BCUT2D eigenvalue weighted by molar-refractivity contribution is 7.10. The highest BCUT2D eigenvalue weighted by Crippen LogP contribution is 2.36. The summed E-state index contributed by atoms with van der Waals surface area (Å²) in [5.41, 5.74) is 1.28. The molecule has 1 fully saturated rings. The molecular weight excluding hydrogens is 254 g/mol. The Labute approximate surface area is 111 Å². The van der Waals surface area contributed by atoms with E-state index < -0.39 is 0 Å². The summed E-state index contributed by atoms with van der Waals surface area (Å²) < 4.78 is 0. The Morgan fingerprint density at radius 2 is 2.35 bits per heavy atom. The molecule has 2 unspecified atom stereocenters. The Kier molecular flexibility index (Phi) is 3.14. The van der Waals surface area contributed by atoms with Crippen LogP contribution in [0.3, 0.4) is 0 Å². The number of rotatable bonds is 1. The Morgan fingerprint density at radius 1 is 1.47 bits per heavy atom. The normalized spacial score (nSPS) is 28.2. The number of thiophene rings is 1. The van der Waals surface area contributed by atoms with E-state index in [0.717, 1.165) is 38.8 Å². The van der Waals surface area contributed by atoms with Crippen molar-refractivity contribution in [3.05, 3.63) is 21.9 Å². The van der Waals surface area contributed by atoms with Gasteiger partial charge >= 0.3 is 0 Å². The van der Waals surface area contributed by atoms with Crippen LogP contribution < -0.4 is 0 Å². The van der Waals surface area contributed by atoms with Gasteiger partial charge in [-0.25, -0.2) is 0 Å². The molecule has 4 heteroatoms. The molecule has 0 spiro atoms. The van der Waals surface area contributed by atoms with Crippen molar-refractivity contribution >= 4 is 28.8 Å². The molecule has 2 heterocycles. The fourth-order valence-corrected chi connectivity index (χ4v) is 4.13. The van der Waals surface area contributed by atoms with E-state index in [0.29, 0.717) is 5.91 Å². The quantitative estimate of drug-likeness (QED) is 0.718. The molecule has 2 atom stereocenters. The lowest BCUT2D eigenvalue weighted by Gasteiger charge is -2.26. The molecule has 0 N–H and O–H groups in total. The van der Waals surface area contributed by atoms with Crippen LogP contribution in [0, 0.1) is 0 Å².